The fraction of sp³-hybridized carbons (Fsp3) is 0.600. The summed E-state index contributed by atoms with van der Waals surface area (Å²) in [6.07, 6.45) is 2.60. The van der Waals surface area contributed by atoms with Crippen LogP contribution in [0.2, 0.25) is 0 Å². The van der Waals surface area contributed by atoms with Crippen molar-refractivity contribution in [2.45, 2.75) is 32.2 Å². The molecule has 1 N–H and O–H groups in total. The van der Waals surface area contributed by atoms with Crippen LogP contribution in [0.1, 0.15) is 36.0 Å². The Morgan fingerprint density at radius 1 is 1.46 bits per heavy atom. The fourth-order valence-electron chi connectivity index (χ4n) is 1.51. The van der Waals surface area contributed by atoms with Gasteiger partial charge in [-0.05, 0) is 32.9 Å². The first kappa shape index (κ1) is 8.63. The van der Waals surface area contributed by atoms with E-state index in [-0.39, 0.29) is 0 Å². The molecule has 1 saturated carbocycles. The van der Waals surface area contributed by atoms with Crippen LogP contribution in [0.5, 0.6) is 0 Å². The molecule has 0 atom stereocenters. The first-order valence-corrected chi connectivity index (χ1v) is 4.78. The lowest BCUT2D eigenvalue weighted by atomic mass is 10.2. The summed E-state index contributed by atoms with van der Waals surface area (Å²) in [6.45, 7) is 2.80. The molecule has 0 spiro atoms. The average molecular weight is 177 g/mol. The predicted octanol–water partition coefficient (Wildman–Crippen LogP) is 1.38. The highest BCUT2D eigenvalue weighted by atomic mass is 14.9. The van der Waals surface area contributed by atoms with Crippen molar-refractivity contribution >= 4 is 0 Å². The SMILES string of the molecule is CNCc1cc(C2CC2)nc(C)n1. The zero-order valence-electron chi connectivity index (χ0n) is 8.17. The molecular formula is C10H15N3. The monoisotopic (exact) mass is 177 g/mol. The molecule has 0 saturated heterocycles. The first-order valence-electron chi connectivity index (χ1n) is 4.78. The largest absolute Gasteiger partial charge is 0.314 e. The van der Waals surface area contributed by atoms with E-state index in [4.69, 9.17) is 0 Å². The number of hydrogen-bond donors (Lipinski definition) is 1. The topological polar surface area (TPSA) is 37.8 Å². The minimum Gasteiger partial charge on any atom is -0.314 e. The molecule has 1 aliphatic rings. The third-order valence-electron chi connectivity index (χ3n) is 2.26. The van der Waals surface area contributed by atoms with Crippen molar-refractivity contribution < 1.29 is 0 Å². The van der Waals surface area contributed by atoms with E-state index in [2.05, 4.69) is 21.4 Å². The summed E-state index contributed by atoms with van der Waals surface area (Å²) in [7, 11) is 1.94. The van der Waals surface area contributed by atoms with Crippen molar-refractivity contribution in [3.63, 3.8) is 0 Å². The van der Waals surface area contributed by atoms with Crippen molar-refractivity contribution in [3.8, 4) is 0 Å². The normalized spacial score (nSPS) is 16.2. The van der Waals surface area contributed by atoms with E-state index in [0.29, 0.717) is 0 Å². The highest BCUT2D eigenvalue weighted by molar-refractivity contribution is 5.18. The maximum absolute atomic E-state index is 4.44. The molecule has 1 aromatic heterocycles. The smallest absolute Gasteiger partial charge is 0.125 e. The number of aromatic nitrogens is 2. The Hall–Kier alpha value is -0.960. The summed E-state index contributed by atoms with van der Waals surface area (Å²) in [4.78, 5) is 8.80. The van der Waals surface area contributed by atoms with Crippen molar-refractivity contribution in [1.29, 1.82) is 0 Å². The van der Waals surface area contributed by atoms with Crippen LogP contribution in [0, 0.1) is 6.92 Å². The molecule has 1 aromatic rings. The molecule has 3 nitrogen and oxygen atoms in total. The summed E-state index contributed by atoms with van der Waals surface area (Å²) < 4.78 is 0. The Morgan fingerprint density at radius 2 is 2.23 bits per heavy atom. The molecule has 0 aliphatic heterocycles. The van der Waals surface area contributed by atoms with Crippen LogP contribution < -0.4 is 5.32 Å². The summed E-state index contributed by atoms with van der Waals surface area (Å²) in [6, 6.07) is 2.13. The maximum Gasteiger partial charge on any atom is 0.125 e. The van der Waals surface area contributed by atoms with Gasteiger partial charge in [-0.2, -0.15) is 0 Å². The van der Waals surface area contributed by atoms with Gasteiger partial charge in [0.05, 0.1) is 5.69 Å². The number of aryl methyl sites for hydroxylation is 1. The molecule has 0 radical (unpaired) electrons. The molecule has 0 bridgehead atoms. The van der Waals surface area contributed by atoms with Gasteiger partial charge in [0.15, 0.2) is 0 Å². The van der Waals surface area contributed by atoms with E-state index >= 15 is 0 Å². The van der Waals surface area contributed by atoms with Gasteiger partial charge in [-0.3, -0.25) is 0 Å². The molecule has 1 aliphatic carbocycles. The molecule has 13 heavy (non-hydrogen) atoms. The maximum atomic E-state index is 4.44. The lowest BCUT2D eigenvalue weighted by molar-refractivity contribution is 0.769. The highest BCUT2D eigenvalue weighted by Crippen LogP contribution is 2.38. The molecule has 0 aromatic carbocycles. The Bertz CT molecular complexity index is 305. The van der Waals surface area contributed by atoms with E-state index in [1.807, 2.05) is 14.0 Å². The van der Waals surface area contributed by atoms with Crippen molar-refractivity contribution in [2.75, 3.05) is 7.05 Å². The molecule has 0 unspecified atom stereocenters. The van der Waals surface area contributed by atoms with Crippen LogP contribution in [0.3, 0.4) is 0 Å². The molecular weight excluding hydrogens is 162 g/mol. The van der Waals surface area contributed by atoms with Crippen LogP contribution >= 0.6 is 0 Å². The quantitative estimate of drug-likeness (QED) is 0.758. The van der Waals surface area contributed by atoms with E-state index in [0.717, 1.165) is 24.0 Å². The zero-order chi connectivity index (χ0) is 9.26. The van der Waals surface area contributed by atoms with Crippen LogP contribution in [0.25, 0.3) is 0 Å². The van der Waals surface area contributed by atoms with Gasteiger partial charge in [0.2, 0.25) is 0 Å². The Balaban J connectivity index is 2.25. The van der Waals surface area contributed by atoms with Gasteiger partial charge in [0.1, 0.15) is 5.82 Å². The van der Waals surface area contributed by atoms with Crippen molar-refractivity contribution in [2.24, 2.45) is 0 Å². The minimum atomic E-state index is 0.720. The molecule has 1 fully saturated rings. The van der Waals surface area contributed by atoms with E-state index in [1.54, 1.807) is 0 Å². The van der Waals surface area contributed by atoms with E-state index in [1.165, 1.54) is 18.5 Å². The number of nitrogens with one attached hydrogen (secondary N) is 1. The predicted molar refractivity (Wildman–Crippen MR) is 51.5 cm³/mol. The number of rotatable bonds is 3. The fourth-order valence-corrected chi connectivity index (χ4v) is 1.51. The highest BCUT2D eigenvalue weighted by Gasteiger charge is 2.25. The van der Waals surface area contributed by atoms with Crippen LogP contribution in [-0.2, 0) is 6.54 Å². The Kier molecular flexibility index (Phi) is 2.27. The number of nitrogens with zero attached hydrogens (tertiary/aromatic N) is 2. The lowest BCUT2D eigenvalue weighted by Gasteiger charge is -2.04. The second-order valence-electron chi connectivity index (χ2n) is 3.64. The third kappa shape index (κ3) is 2.04. The first-order chi connectivity index (χ1) is 6.29. The zero-order valence-corrected chi connectivity index (χ0v) is 8.17. The van der Waals surface area contributed by atoms with Gasteiger partial charge in [0.25, 0.3) is 0 Å². The van der Waals surface area contributed by atoms with Gasteiger partial charge < -0.3 is 5.32 Å². The summed E-state index contributed by atoms with van der Waals surface area (Å²) in [5, 5.41) is 3.11. The van der Waals surface area contributed by atoms with Crippen molar-refractivity contribution in [3.05, 3.63) is 23.3 Å². The van der Waals surface area contributed by atoms with E-state index < -0.39 is 0 Å². The molecule has 0 amide bonds. The van der Waals surface area contributed by atoms with E-state index in [9.17, 15) is 0 Å². The number of hydrogen-bond acceptors (Lipinski definition) is 3. The van der Waals surface area contributed by atoms with Gasteiger partial charge in [-0.1, -0.05) is 0 Å². The van der Waals surface area contributed by atoms with Crippen LogP contribution in [-0.4, -0.2) is 17.0 Å². The molecule has 1 heterocycles. The second-order valence-corrected chi connectivity index (χ2v) is 3.64. The standard InChI is InChI=1S/C10H15N3/c1-7-12-9(6-11-2)5-10(13-7)8-3-4-8/h5,8,11H,3-4,6H2,1-2H3. The molecule has 3 heteroatoms. The van der Waals surface area contributed by atoms with Crippen LogP contribution in [0.15, 0.2) is 6.07 Å². The Labute approximate surface area is 78.6 Å². The molecule has 70 valence electrons. The van der Waals surface area contributed by atoms with Gasteiger partial charge in [0, 0.05) is 18.2 Å². The van der Waals surface area contributed by atoms with Crippen molar-refractivity contribution in [1.82, 2.24) is 15.3 Å². The molecule has 2 rings (SSSR count). The Morgan fingerprint density at radius 3 is 2.85 bits per heavy atom. The summed E-state index contributed by atoms with van der Waals surface area (Å²) in [5.41, 5.74) is 2.34. The lowest BCUT2D eigenvalue weighted by Crippen LogP contribution is -2.09. The van der Waals surface area contributed by atoms with Gasteiger partial charge in [-0.15, -0.1) is 0 Å². The summed E-state index contributed by atoms with van der Waals surface area (Å²) in [5.74, 6) is 1.62. The third-order valence-corrected chi connectivity index (χ3v) is 2.26. The van der Waals surface area contributed by atoms with Crippen LogP contribution in [0.4, 0.5) is 0 Å². The average Bonchev–Trinajstić information content (AvgIpc) is 2.85. The minimum absolute atomic E-state index is 0.720. The second kappa shape index (κ2) is 3.42. The van der Waals surface area contributed by atoms with Gasteiger partial charge >= 0.3 is 0 Å². The summed E-state index contributed by atoms with van der Waals surface area (Å²) >= 11 is 0. The van der Waals surface area contributed by atoms with Gasteiger partial charge in [-0.25, -0.2) is 9.97 Å².